The van der Waals surface area contributed by atoms with Crippen molar-refractivity contribution in [2.45, 2.75) is 12.5 Å². The van der Waals surface area contributed by atoms with Crippen molar-refractivity contribution in [2.24, 2.45) is 11.5 Å². The van der Waals surface area contributed by atoms with E-state index >= 15 is 0 Å². The highest BCUT2D eigenvalue weighted by molar-refractivity contribution is 5.80. The summed E-state index contributed by atoms with van der Waals surface area (Å²) in [5.41, 5.74) is 11.8. The van der Waals surface area contributed by atoms with E-state index in [0.29, 0.717) is 6.42 Å². The minimum atomic E-state index is -0.697. The van der Waals surface area contributed by atoms with Gasteiger partial charge in [0.15, 0.2) is 0 Å². The molecule has 0 aliphatic heterocycles. The summed E-state index contributed by atoms with van der Waals surface area (Å²) in [4.78, 5) is 21.5. The van der Waals surface area contributed by atoms with Crippen molar-refractivity contribution < 1.29 is 14.3 Å². The van der Waals surface area contributed by atoms with Gasteiger partial charge in [0.25, 0.3) is 0 Å². The van der Waals surface area contributed by atoms with E-state index in [1.807, 2.05) is 30.3 Å². The third-order valence-corrected chi connectivity index (χ3v) is 2.18. The molecule has 6 nitrogen and oxygen atoms in total. The van der Waals surface area contributed by atoms with E-state index < -0.39 is 12.0 Å². The molecule has 0 aromatic heterocycles. The lowest BCUT2D eigenvalue weighted by Gasteiger charge is -2.12. The van der Waals surface area contributed by atoms with Crippen molar-refractivity contribution >= 4 is 12.0 Å². The van der Waals surface area contributed by atoms with Crippen LogP contribution < -0.4 is 16.8 Å². The van der Waals surface area contributed by atoms with Crippen molar-refractivity contribution in [3.05, 3.63) is 35.9 Å². The fourth-order valence-electron chi connectivity index (χ4n) is 1.37. The van der Waals surface area contributed by atoms with Crippen LogP contribution in [0.3, 0.4) is 0 Å². The highest BCUT2D eigenvalue weighted by atomic mass is 16.5. The number of nitrogens with two attached hydrogens (primary N) is 2. The van der Waals surface area contributed by atoms with Crippen LogP contribution in [0.5, 0.6) is 0 Å². The molecule has 0 fully saturated rings. The maximum Gasteiger partial charge on any atom is 0.407 e. The Balaban J connectivity index is 2.22. The first-order valence-electron chi connectivity index (χ1n) is 5.56. The topological polar surface area (TPSA) is 107 Å². The Kier molecular flexibility index (Phi) is 5.66. The highest BCUT2D eigenvalue weighted by Crippen LogP contribution is 2.01. The molecule has 0 aliphatic carbocycles. The molecule has 5 N–H and O–H groups in total. The predicted molar refractivity (Wildman–Crippen MR) is 66.7 cm³/mol. The molecule has 0 saturated heterocycles. The lowest BCUT2D eigenvalue weighted by atomic mass is 10.1. The van der Waals surface area contributed by atoms with Crippen LogP contribution in [0.2, 0.25) is 0 Å². The number of carbonyl (C=O) groups excluding carboxylic acids is 2. The van der Waals surface area contributed by atoms with Crippen LogP contribution in [0, 0.1) is 0 Å². The van der Waals surface area contributed by atoms with Gasteiger partial charge in [0.1, 0.15) is 6.61 Å². The lowest BCUT2D eigenvalue weighted by Crippen LogP contribution is -2.37. The molecule has 1 unspecified atom stereocenters. The summed E-state index contributed by atoms with van der Waals surface area (Å²) < 4.78 is 4.84. The van der Waals surface area contributed by atoms with Crippen molar-refractivity contribution in [1.82, 2.24) is 5.32 Å². The van der Waals surface area contributed by atoms with Gasteiger partial charge in [0, 0.05) is 6.04 Å². The fourth-order valence-corrected chi connectivity index (χ4v) is 1.37. The van der Waals surface area contributed by atoms with Gasteiger partial charge in [-0.3, -0.25) is 4.79 Å². The first-order valence-corrected chi connectivity index (χ1v) is 5.56. The Morgan fingerprint density at radius 2 is 1.94 bits per heavy atom. The second-order valence-corrected chi connectivity index (χ2v) is 3.87. The molecule has 0 radical (unpaired) electrons. The van der Waals surface area contributed by atoms with E-state index in [1.165, 1.54) is 0 Å². The molecule has 1 rings (SSSR count). The molecule has 0 bridgehead atoms. The van der Waals surface area contributed by atoms with Gasteiger partial charge in [-0.05, 0) is 12.0 Å². The molecule has 0 heterocycles. The van der Waals surface area contributed by atoms with Gasteiger partial charge >= 0.3 is 6.09 Å². The number of hydrogen-bond donors (Lipinski definition) is 3. The van der Waals surface area contributed by atoms with Crippen LogP contribution in [-0.4, -0.2) is 31.2 Å². The molecule has 18 heavy (non-hydrogen) atoms. The number of amides is 2. The Morgan fingerprint density at radius 3 is 2.56 bits per heavy atom. The van der Waals surface area contributed by atoms with Crippen LogP contribution in [-0.2, 0) is 16.0 Å². The van der Waals surface area contributed by atoms with E-state index in [1.54, 1.807) is 0 Å². The summed E-state index contributed by atoms with van der Waals surface area (Å²) in [5.74, 6) is -0.625. The zero-order chi connectivity index (χ0) is 13.4. The summed E-state index contributed by atoms with van der Waals surface area (Å²) in [6.45, 7) is -0.160. The maximum atomic E-state index is 11.1. The smallest absolute Gasteiger partial charge is 0.407 e. The van der Waals surface area contributed by atoms with Crippen LogP contribution in [0.15, 0.2) is 30.3 Å². The van der Waals surface area contributed by atoms with Crippen molar-refractivity contribution in [3.63, 3.8) is 0 Å². The molecule has 0 aliphatic rings. The summed E-state index contributed by atoms with van der Waals surface area (Å²) in [5, 5.41) is 2.21. The Bertz CT molecular complexity index is 395. The fraction of sp³-hybridized carbons (Fsp3) is 0.333. The molecule has 6 heteroatoms. The first-order chi connectivity index (χ1) is 8.58. The molecular weight excluding hydrogens is 234 g/mol. The molecular formula is C12H17N3O3. The third-order valence-electron chi connectivity index (χ3n) is 2.18. The van der Waals surface area contributed by atoms with Gasteiger partial charge in [-0.1, -0.05) is 30.3 Å². The minimum Gasteiger partial charge on any atom is -0.448 e. The van der Waals surface area contributed by atoms with Crippen molar-refractivity contribution in [2.75, 3.05) is 13.2 Å². The Morgan fingerprint density at radius 1 is 1.28 bits per heavy atom. The SMILES string of the molecule is NC(=O)CNC(=O)OCC(N)Cc1ccccc1. The number of carbonyl (C=O) groups is 2. The third kappa shape index (κ3) is 5.86. The van der Waals surface area contributed by atoms with Gasteiger partial charge in [-0.2, -0.15) is 0 Å². The largest absolute Gasteiger partial charge is 0.448 e. The van der Waals surface area contributed by atoms with Crippen molar-refractivity contribution in [3.8, 4) is 0 Å². The average Bonchev–Trinajstić information content (AvgIpc) is 2.35. The van der Waals surface area contributed by atoms with Gasteiger partial charge in [0.05, 0.1) is 6.54 Å². The molecule has 0 spiro atoms. The molecule has 1 atom stereocenters. The summed E-state index contributed by atoms with van der Waals surface area (Å²) in [6, 6.07) is 9.38. The highest BCUT2D eigenvalue weighted by Gasteiger charge is 2.08. The number of alkyl carbamates (subject to hydrolysis) is 1. The first kappa shape index (κ1) is 14.0. The Labute approximate surface area is 105 Å². The number of nitrogens with one attached hydrogen (secondary N) is 1. The number of benzene rings is 1. The minimum absolute atomic E-state index is 0.0828. The second-order valence-electron chi connectivity index (χ2n) is 3.87. The number of primary amides is 1. The quantitative estimate of drug-likeness (QED) is 0.649. The van der Waals surface area contributed by atoms with Crippen LogP contribution in [0.25, 0.3) is 0 Å². The van der Waals surface area contributed by atoms with Crippen LogP contribution in [0.4, 0.5) is 4.79 Å². The number of rotatable bonds is 6. The van der Waals surface area contributed by atoms with Gasteiger partial charge in [-0.25, -0.2) is 4.79 Å². The average molecular weight is 251 g/mol. The van der Waals surface area contributed by atoms with Gasteiger partial charge in [-0.15, -0.1) is 0 Å². The standard InChI is InChI=1S/C12H17N3O3/c13-10(6-9-4-2-1-3-5-9)8-18-12(17)15-7-11(14)16/h1-5,10H,6-8,13H2,(H2,14,16)(H,15,17). The van der Waals surface area contributed by atoms with E-state index in [9.17, 15) is 9.59 Å². The Hall–Kier alpha value is -2.08. The molecule has 0 saturated carbocycles. The van der Waals surface area contributed by atoms with Crippen LogP contribution in [0.1, 0.15) is 5.56 Å². The van der Waals surface area contributed by atoms with E-state index in [0.717, 1.165) is 5.56 Å². The maximum absolute atomic E-state index is 11.1. The number of hydrogen-bond acceptors (Lipinski definition) is 4. The van der Waals surface area contributed by atoms with E-state index in [2.05, 4.69) is 5.32 Å². The second kappa shape index (κ2) is 7.29. The lowest BCUT2D eigenvalue weighted by molar-refractivity contribution is -0.117. The number of ether oxygens (including phenoxy) is 1. The predicted octanol–water partition coefficient (Wildman–Crippen LogP) is -0.232. The van der Waals surface area contributed by atoms with Crippen molar-refractivity contribution in [1.29, 1.82) is 0 Å². The molecule has 1 aromatic carbocycles. The molecule has 2 amide bonds. The zero-order valence-corrected chi connectivity index (χ0v) is 9.96. The van der Waals surface area contributed by atoms with Gasteiger partial charge in [0.2, 0.25) is 5.91 Å². The van der Waals surface area contributed by atoms with Gasteiger partial charge < -0.3 is 21.5 Å². The van der Waals surface area contributed by atoms with E-state index in [-0.39, 0.29) is 19.2 Å². The summed E-state index contributed by atoms with van der Waals surface area (Å²) >= 11 is 0. The molecule has 98 valence electrons. The van der Waals surface area contributed by atoms with E-state index in [4.69, 9.17) is 16.2 Å². The normalized spacial score (nSPS) is 11.6. The monoisotopic (exact) mass is 251 g/mol. The van der Waals surface area contributed by atoms with Crippen LogP contribution >= 0.6 is 0 Å². The molecule has 1 aromatic rings. The zero-order valence-electron chi connectivity index (χ0n) is 9.96. The summed E-state index contributed by atoms with van der Waals surface area (Å²) in [6.07, 6.45) is -0.0819. The summed E-state index contributed by atoms with van der Waals surface area (Å²) in [7, 11) is 0.